The number of nitrogens with one attached hydrogen (secondary N) is 2. The van der Waals surface area contributed by atoms with Gasteiger partial charge in [0.05, 0.1) is 6.20 Å². The zero-order chi connectivity index (χ0) is 11.6. The number of aromatic amines is 1. The van der Waals surface area contributed by atoms with Gasteiger partial charge in [-0.25, -0.2) is 23.1 Å². The van der Waals surface area contributed by atoms with E-state index >= 15 is 0 Å². The molecule has 0 aromatic carbocycles. The highest BCUT2D eigenvalue weighted by Crippen LogP contribution is 2.16. The predicted octanol–water partition coefficient (Wildman–Crippen LogP) is -0.417. The van der Waals surface area contributed by atoms with E-state index in [0.717, 1.165) is 6.20 Å². The van der Waals surface area contributed by atoms with Crippen molar-refractivity contribution < 1.29 is 8.42 Å². The molecule has 0 aliphatic heterocycles. The molecule has 2 heterocycles. The molecule has 0 aliphatic carbocycles. The fraction of sp³-hybridized carbons (Fsp3) is 0. The van der Waals surface area contributed by atoms with Gasteiger partial charge in [0.25, 0.3) is 10.0 Å². The molecule has 2 aromatic heterocycles. The third kappa shape index (κ3) is 1.93. The van der Waals surface area contributed by atoms with Gasteiger partial charge in [0.2, 0.25) is 5.95 Å². The summed E-state index contributed by atoms with van der Waals surface area (Å²) in [5.41, 5.74) is 5.40. The summed E-state index contributed by atoms with van der Waals surface area (Å²) in [7, 11) is -3.79. The number of hydrogen-bond donors (Lipinski definition) is 3. The van der Waals surface area contributed by atoms with E-state index in [1.165, 1.54) is 12.4 Å². The molecule has 84 valence electrons. The highest BCUT2D eigenvalue weighted by molar-refractivity contribution is 7.92. The van der Waals surface area contributed by atoms with Crippen molar-refractivity contribution in [3.05, 3.63) is 24.7 Å². The Bertz CT molecular complexity index is 578. The van der Waals surface area contributed by atoms with E-state index in [1.807, 2.05) is 0 Å². The van der Waals surface area contributed by atoms with E-state index in [4.69, 9.17) is 5.73 Å². The molecule has 0 amide bonds. The van der Waals surface area contributed by atoms with Crippen LogP contribution in [0.3, 0.4) is 0 Å². The third-order valence-corrected chi connectivity index (χ3v) is 3.07. The van der Waals surface area contributed by atoms with Gasteiger partial charge in [-0.15, -0.1) is 0 Å². The van der Waals surface area contributed by atoms with Crippen LogP contribution in [0.1, 0.15) is 0 Å². The predicted molar refractivity (Wildman–Crippen MR) is 55.8 cm³/mol. The molecule has 8 nitrogen and oxygen atoms in total. The van der Waals surface area contributed by atoms with Crippen molar-refractivity contribution >= 4 is 21.8 Å². The molecule has 9 heteroatoms. The fourth-order valence-electron chi connectivity index (χ4n) is 1.03. The molecular formula is C7H8N6O2S. The van der Waals surface area contributed by atoms with Gasteiger partial charge in [-0.3, -0.25) is 5.10 Å². The first kappa shape index (κ1) is 10.4. The molecule has 0 unspecified atom stereocenters. The molecule has 0 spiro atoms. The van der Waals surface area contributed by atoms with Gasteiger partial charge in [-0.1, -0.05) is 0 Å². The molecule has 0 saturated heterocycles. The Morgan fingerprint density at radius 2 is 2.00 bits per heavy atom. The van der Waals surface area contributed by atoms with Crippen LogP contribution in [0.4, 0.5) is 11.8 Å². The van der Waals surface area contributed by atoms with Crippen LogP contribution in [0, 0.1) is 0 Å². The highest BCUT2D eigenvalue weighted by atomic mass is 32.2. The molecule has 0 aliphatic rings. The van der Waals surface area contributed by atoms with E-state index in [9.17, 15) is 8.42 Å². The summed E-state index contributed by atoms with van der Waals surface area (Å²) >= 11 is 0. The molecule has 4 N–H and O–H groups in total. The Morgan fingerprint density at radius 3 is 2.56 bits per heavy atom. The number of hydrogen-bond acceptors (Lipinski definition) is 6. The topological polar surface area (TPSA) is 127 Å². The third-order valence-electron chi connectivity index (χ3n) is 1.71. The monoisotopic (exact) mass is 240 g/mol. The van der Waals surface area contributed by atoms with Crippen molar-refractivity contribution in [1.29, 1.82) is 0 Å². The SMILES string of the molecule is Nc1[nH]ncc1S(=O)(=O)Nc1ncccn1. The van der Waals surface area contributed by atoms with Crippen molar-refractivity contribution in [2.24, 2.45) is 0 Å². The van der Waals surface area contributed by atoms with Crippen molar-refractivity contribution in [2.45, 2.75) is 4.90 Å². The molecule has 0 bridgehead atoms. The lowest BCUT2D eigenvalue weighted by Crippen LogP contribution is -2.15. The molecule has 2 aromatic rings. The van der Waals surface area contributed by atoms with Gasteiger partial charge in [0, 0.05) is 12.4 Å². The Labute approximate surface area is 91.0 Å². The van der Waals surface area contributed by atoms with Gasteiger partial charge in [0.1, 0.15) is 10.7 Å². The maximum atomic E-state index is 11.8. The molecule has 2 rings (SSSR count). The second kappa shape index (κ2) is 3.77. The van der Waals surface area contributed by atoms with Gasteiger partial charge >= 0.3 is 0 Å². The number of rotatable bonds is 3. The molecule has 16 heavy (non-hydrogen) atoms. The summed E-state index contributed by atoms with van der Waals surface area (Å²) in [5.74, 6) is -0.0634. The quantitative estimate of drug-likeness (QED) is 0.668. The number of nitrogens with zero attached hydrogens (tertiary/aromatic N) is 3. The number of sulfonamides is 1. The first-order chi connectivity index (χ1) is 7.59. The van der Waals surface area contributed by atoms with Crippen molar-refractivity contribution in [3.8, 4) is 0 Å². The van der Waals surface area contributed by atoms with Crippen LogP contribution in [0.2, 0.25) is 0 Å². The Balaban J connectivity index is 2.32. The average molecular weight is 240 g/mol. The van der Waals surface area contributed by atoms with E-state index < -0.39 is 10.0 Å². The second-order valence-corrected chi connectivity index (χ2v) is 4.48. The standard InChI is InChI=1S/C7H8N6O2S/c8-6-5(4-11-12-6)16(14,15)13-7-9-2-1-3-10-7/h1-4H,(H3,8,11,12)(H,9,10,13). The first-order valence-corrected chi connectivity index (χ1v) is 5.66. The number of nitrogens with two attached hydrogens (primary N) is 1. The normalized spacial score (nSPS) is 11.2. The number of aromatic nitrogens is 4. The minimum Gasteiger partial charge on any atom is -0.383 e. The van der Waals surface area contributed by atoms with Gasteiger partial charge < -0.3 is 5.73 Å². The summed E-state index contributed by atoms with van der Waals surface area (Å²) in [5, 5.41) is 5.85. The molecule has 0 radical (unpaired) electrons. The summed E-state index contributed by atoms with van der Waals surface area (Å²) in [6.07, 6.45) is 3.95. The van der Waals surface area contributed by atoms with E-state index in [0.29, 0.717) is 0 Å². The zero-order valence-electron chi connectivity index (χ0n) is 7.95. The molecular weight excluding hydrogens is 232 g/mol. The fourth-order valence-corrected chi connectivity index (χ4v) is 2.01. The van der Waals surface area contributed by atoms with Crippen LogP contribution in [-0.2, 0) is 10.0 Å². The lowest BCUT2D eigenvalue weighted by atomic mass is 10.7. The lowest BCUT2D eigenvalue weighted by Gasteiger charge is -2.03. The zero-order valence-corrected chi connectivity index (χ0v) is 8.77. The first-order valence-electron chi connectivity index (χ1n) is 4.18. The van der Waals surface area contributed by atoms with Crippen LogP contribution in [0.5, 0.6) is 0 Å². The summed E-state index contributed by atoms with van der Waals surface area (Å²) in [4.78, 5) is 7.32. The minimum absolute atomic E-state index is 0.0249. The van der Waals surface area contributed by atoms with E-state index in [-0.39, 0.29) is 16.7 Å². The maximum Gasteiger partial charge on any atom is 0.269 e. The number of anilines is 2. The number of H-pyrrole nitrogens is 1. The summed E-state index contributed by atoms with van der Waals surface area (Å²) < 4.78 is 25.7. The summed E-state index contributed by atoms with van der Waals surface area (Å²) in [6, 6.07) is 1.57. The van der Waals surface area contributed by atoms with Crippen molar-refractivity contribution in [2.75, 3.05) is 10.5 Å². The summed E-state index contributed by atoms with van der Waals surface area (Å²) in [6.45, 7) is 0. The van der Waals surface area contributed by atoms with Crippen molar-refractivity contribution in [3.63, 3.8) is 0 Å². The molecule has 0 atom stereocenters. The van der Waals surface area contributed by atoms with Crippen LogP contribution in [0.25, 0.3) is 0 Å². The average Bonchev–Trinajstić information content (AvgIpc) is 2.66. The van der Waals surface area contributed by atoms with Crippen LogP contribution in [0.15, 0.2) is 29.6 Å². The highest BCUT2D eigenvalue weighted by Gasteiger charge is 2.20. The van der Waals surface area contributed by atoms with Crippen LogP contribution in [-0.4, -0.2) is 28.6 Å². The second-order valence-electron chi connectivity index (χ2n) is 2.83. The van der Waals surface area contributed by atoms with Crippen LogP contribution >= 0.6 is 0 Å². The van der Waals surface area contributed by atoms with Gasteiger partial charge in [-0.2, -0.15) is 5.10 Å². The van der Waals surface area contributed by atoms with E-state index in [1.54, 1.807) is 6.07 Å². The van der Waals surface area contributed by atoms with Crippen molar-refractivity contribution in [1.82, 2.24) is 20.2 Å². The maximum absolute atomic E-state index is 11.8. The van der Waals surface area contributed by atoms with Gasteiger partial charge in [0.15, 0.2) is 0 Å². The van der Waals surface area contributed by atoms with Gasteiger partial charge in [-0.05, 0) is 6.07 Å². The van der Waals surface area contributed by atoms with E-state index in [2.05, 4.69) is 24.9 Å². The van der Waals surface area contributed by atoms with Crippen LogP contribution < -0.4 is 10.5 Å². The minimum atomic E-state index is -3.79. The Kier molecular flexibility index (Phi) is 2.44. The lowest BCUT2D eigenvalue weighted by molar-refractivity contribution is 0.601. The molecule has 0 fully saturated rings. The molecule has 0 saturated carbocycles. The number of nitrogen functional groups attached to an aromatic ring is 1. The largest absolute Gasteiger partial charge is 0.383 e. The smallest absolute Gasteiger partial charge is 0.269 e. The Morgan fingerprint density at radius 1 is 1.31 bits per heavy atom. The Hall–Kier alpha value is -2.16.